The minimum absolute atomic E-state index is 0.111. The molecule has 0 N–H and O–H groups in total. The van der Waals surface area contributed by atoms with E-state index in [0.717, 1.165) is 25.9 Å². The number of nitriles is 1. The Kier molecular flexibility index (Phi) is 5.20. The van der Waals surface area contributed by atoms with E-state index in [2.05, 4.69) is 16.8 Å². The molecule has 7 heteroatoms. The highest BCUT2D eigenvalue weighted by atomic mass is 32.2. The minimum Gasteiger partial charge on any atom is -0.355 e. The van der Waals surface area contributed by atoms with Crippen LogP contribution >= 0.6 is 0 Å². The lowest BCUT2D eigenvalue weighted by Gasteiger charge is -2.33. The van der Waals surface area contributed by atoms with Crippen LogP contribution in [0.4, 0.5) is 5.82 Å². The molecular weight excluding hydrogens is 384 g/mol. The van der Waals surface area contributed by atoms with E-state index in [9.17, 15) is 13.7 Å². The van der Waals surface area contributed by atoms with Gasteiger partial charge in [0.05, 0.1) is 22.0 Å². The third-order valence-electron chi connectivity index (χ3n) is 5.28. The Hall–Kier alpha value is -2.98. The van der Waals surface area contributed by atoms with Crippen LogP contribution < -0.4 is 4.90 Å². The fourth-order valence-corrected chi connectivity index (χ4v) is 5.22. The van der Waals surface area contributed by atoms with Crippen molar-refractivity contribution in [1.29, 1.82) is 5.26 Å². The number of rotatable bonds is 4. The van der Waals surface area contributed by atoms with Gasteiger partial charge in [-0.25, -0.2) is 18.4 Å². The number of benzene rings is 2. The number of sulfone groups is 1. The van der Waals surface area contributed by atoms with Crippen molar-refractivity contribution in [1.82, 2.24) is 9.97 Å². The number of anilines is 1. The number of hydrogen-bond acceptors (Lipinski definition) is 6. The van der Waals surface area contributed by atoms with E-state index in [1.807, 2.05) is 24.3 Å². The Bertz CT molecular complexity index is 1170. The molecule has 29 heavy (non-hydrogen) atoms. The molecule has 3 aromatic rings. The van der Waals surface area contributed by atoms with Gasteiger partial charge in [0.25, 0.3) is 0 Å². The van der Waals surface area contributed by atoms with Crippen LogP contribution in [0.15, 0.2) is 59.5 Å². The molecule has 2 atom stereocenters. The average molecular weight is 407 g/mol. The first kappa shape index (κ1) is 19.3. The quantitative estimate of drug-likeness (QED) is 0.653. The predicted molar refractivity (Wildman–Crippen MR) is 112 cm³/mol. The Morgan fingerprint density at radius 3 is 2.38 bits per heavy atom. The highest BCUT2D eigenvalue weighted by Crippen LogP contribution is 2.35. The van der Waals surface area contributed by atoms with Crippen LogP contribution in [0, 0.1) is 17.2 Å². The number of para-hydroxylation sites is 2. The Balaban J connectivity index is 1.90. The van der Waals surface area contributed by atoms with Gasteiger partial charge in [-0.3, -0.25) is 0 Å². The first-order valence-corrected chi connectivity index (χ1v) is 11.3. The van der Waals surface area contributed by atoms with Gasteiger partial charge in [0, 0.05) is 13.1 Å². The van der Waals surface area contributed by atoms with Crippen LogP contribution in [0.5, 0.6) is 0 Å². The lowest BCUT2D eigenvalue weighted by molar-refractivity contribution is 0.443. The summed E-state index contributed by atoms with van der Waals surface area (Å²) in [5.74, 6) is 0.970. The maximum absolute atomic E-state index is 13.3. The summed E-state index contributed by atoms with van der Waals surface area (Å²) in [6.45, 7) is 3.71. The lowest BCUT2D eigenvalue weighted by Crippen LogP contribution is -2.36. The van der Waals surface area contributed by atoms with Gasteiger partial charge in [0.15, 0.2) is 11.1 Å². The summed E-state index contributed by atoms with van der Waals surface area (Å²) in [6.07, 6.45) is 2.12. The molecule has 2 heterocycles. The van der Waals surface area contributed by atoms with Gasteiger partial charge < -0.3 is 4.90 Å². The van der Waals surface area contributed by atoms with Crippen molar-refractivity contribution in [3.8, 4) is 6.07 Å². The molecule has 0 amide bonds. The predicted octanol–water partition coefficient (Wildman–Crippen LogP) is 3.90. The maximum atomic E-state index is 13.3. The van der Waals surface area contributed by atoms with E-state index in [0.29, 0.717) is 22.8 Å². The van der Waals surface area contributed by atoms with Crippen molar-refractivity contribution in [2.75, 3.05) is 18.0 Å². The molecule has 0 spiro atoms. The molecule has 0 radical (unpaired) electrons. The van der Waals surface area contributed by atoms with Crippen LogP contribution in [-0.4, -0.2) is 31.5 Å². The van der Waals surface area contributed by atoms with Crippen molar-refractivity contribution >= 4 is 26.7 Å². The van der Waals surface area contributed by atoms with Crippen molar-refractivity contribution in [3.05, 3.63) is 60.3 Å². The monoisotopic (exact) mass is 406 g/mol. The summed E-state index contributed by atoms with van der Waals surface area (Å²) in [5, 5.41) is 8.49. The van der Waals surface area contributed by atoms with Crippen molar-refractivity contribution in [3.63, 3.8) is 0 Å². The normalized spacial score (nSPS) is 18.3. The number of aromatic nitrogens is 2. The minimum atomic E-state index is -3.94. The second kappa shape index (κ2) is 7.80. The molecule has 1 aromatic heterocycles. The van der Waals surface area contributed by atoms with Gasteiger partial charge in [0.2, 0.25) is 9.84 Å². The smallest absolute Gasteiger partial charge is 0.200 e. The van der Waals surface area contributed by atoms with Gasteiger partial charge in [-0.2, -0.15) is 5.26 Å². The highest BCUT2D eigenvalue weighted by Gasteiger charge is 2.35. The summed E-state index contributed by atoms with van der Waals surface area (Å²) >= 11 is 0. The van der Waals surface area contributed by atoms with Crippen LogP contribution in [0.2, 0.25) is 0 Å². The number of nitrogens with zero attached hydrogens (tertiary/aromatic N) is 4. The van der Waals surface area contributed by atoms with Crippen LogP contribution in [-0.2, 0) is 9.84 Å². The zero-order chi connectivity index (χ0) is 20.4. The number of hydrogen-bond donors (Lipinski definition) is 0. The van der Waals surface area contributed by atoms with Gasteiger partial charge in [-0.05, 0) is 43.0 Å². The second-order valence-corrected chi connectivity index (χ2v) is 9.51. The van der Waals surface area contributed by atoms with E-state index in [1.165, 1.54) is 12.1 Å². The molecule has 1 aliphatic heterocycles. The first-order valence-electron chi connectivity index (χ1n) is 9.71. The molecule has 1 saturated heterocycles. The molecule has 0 bridgehead atoms. The van der Waals surface area contributed by atoms with Gasteiger partial charge in [-0.1, -0.05) is 37.3 Å². The zero-order valence-corrected chi connectivity index (χ0v) is 17.0. The largest absolute Gasteiger partial charge is 0.355 e. The number of piperidine rings is 1. The Morgan fingerprint density at radius 1 is 1.07 bits per heavy atom. The van der Waals surface area contributed by atoms with Crippen LogP contribution in [0.1, 0.15) is 30.7 Å². The molecule has 1 fully saturated rings. The van der Waals surface area contributed by atoms with E-state index in [-0.39, 0.29) is 10.6 Å². The molecule has 148 valence electrons. The molecule has 1 aliphatic rings. The molecule has 0 saturated carbocycles. The van der Waals surface area contributed by atoms with Gasteiger partial charge in [-0.15, -0.1) is 0 Å². The number of fused-ring (bicyclic) bond motifs is 1. The molecule has 0 aliphatic carbocycles. The molecule has 2 aromatic carbocycles. The summed E-state index contributed by atoms with van der Waals surface area (Å²) in [7, 11) is -3.94. The van der Waals surface area contributed by atoms with Gasteiger partial charge >= 0.3 is 0 Å². The summed E-state index contributed by atoms with van der Waals surface area (Å²) < 4.78 is 26.6. The van der Waals surface area contributed by atoms with Crippen molar-refractivity contribution in [2.45, 2.75) is 29.9 Å². The first-order chi connectivity index (χ1) is 14.0. The van der Waals surface area contributed by atoms with Gasteiger partial charge in [0.1, 0.15) is 5.69 Å². The molecular formula is C22H22N4O2S. The highest BCUT2D eigenvalue weighted by molar-refractivity contribution is 7.92. The van der Waals surface area contributed by atoms with Crippen molar-refractivity contribution in [2.24, 2.45) is 5.92 Å². The SMILES string of the molecule is C[C@H]1CCCN(c2nc3ccccc3nc2[C@H](C#N)S(=O)(=O)c2ccccc2)C1. The standard InChI is InChI=1S/C22H22N4O2S/c1-16-8-7-13-26(15-16)22-21(24-18-11-5-6-12-19(18)25-22)20(14-23)29(27,28)17-9-3-2-4-10-17/h2-6,9-12,16,20H,7-8,13,15H2,1H3/t16-,20-/m0/s1. The lowest BCUT2D eigenvalue weighted by atomic mass is 10.00. The molecule has 4 rings (SSSR count). The average Bonchev–Trinajstić information content (AvgIpc) is 2.74. The topological polar surface area (TPSA) is 86.9 Å². The second-order valence-electron chi connectivity index (χ2n) is 7.48. The third-order valence-corrected chi connectivity index (χ3v) is 7.16. The Morgan fingerprint density at radius 2 is 1.72 bits per heavy atom. The van der Waals surface area contributed by atoms with Crippen LogP contribution in [0.3, 0.4) is 0 Å². The van der Waals surface area contributed by atoms with Crippen molar-refractivity contribution < 1.29 is 8.42 Å². The fourth-order valence-electron chi connectivity index (χ4n) is 3.82. The van der Waals surface area contributed by atoms with Crippen LogP contribution in [0.25, 0.3) is 11.0 Å². The maximum Gasteiger partial charge on any atom is 0.200 e. The third kappa shape index (κ3) is 3.68. The fraction of sp³-hybridized carbons (Fsp3) is 0.318. The zero-order valence-electron chi connectivity index (χ0n) is 16.2. The summed E-state index contributed by atoms with van der Waals surface area (Å²) in [4.78, 5) is 11.6. The molecule has 0 unspecified atom stereocenters. The summed E-state index contributed by atoms with van der Waals surface area (Å²) in [5.41, 5.74) is 1.49. The van der Waals surface area contributed by atoms with E-state index in [1.54, 1.807) is 24.3 Å². The Labute approximate surface area is 170 Å². The van der Waals surface area contributed by atoms with E-state index < -0.39 is 15.1 Å². The molecule has 6 nitrogen and oxygen atoms in total. The van der Waals surface area contributed by atoms with E-state index >= 15 is 0 Å². The van der Waals surface area contributed by atoms with E-state index in [4.69, 9.17) is 4.98 Å². The summed E-state index contributed by atoms with van der Waals surface area (Å²) in [6, 6.07) is 17.4.